The monoisotopic (exact) mass is 524 g/mol. The van der Waals surface area contributed by atoms with Gasteiger partial charge >= 0.3 is 5.97 Å². The lowest BCUT2D eigenvalue weighted by Gasteiger charge is -2.22. The molecule has 204 valence electrons. The molecule has 1 N–H and O–H groups in total. The number of hydrogen-bond donors (Lipinski definition) is 1. The molecule has 1 atom stereocenters. The Bertz CT molecular complexity index is 1460. The van der Waals surface area contributed by atoms with Gasteiger partial charge in [0.25, 0.3) is 0 Å². The van der Waals surface area contributed by atoms with E-state index >= 15 is 0 Å². The molecule has 5 heteroatoms. The quantitative estimate of drug-likeness (QED) is 0.211. The smallest absolute Gasteiger partial charge is 0.303 e. The molecule has 0 spiro atoms. The average molecular weight is 525 g/mol. The zero-order valence-electron chi connectivity index (χ0n) is 24.0. The summed E-state index contributed by atoms with van der Waals surface area (Å²) in [6.07, 6.45) is 3.50. The number of Topliss-reactive ketones (excluding diaryl/α,β-unsaturated/α-hetero) is 1. The second kappa shape index (κ2) is 11.6. The van der Waals surface area contributed by atoms with Crippen molar-refractivity contribution in [2.45, 2.75) is 78.7 Å². The highest BCUT2D eigenvalue weighted by Crippen LogP contribution is 2.35. The third kappa shape index (κ3) is 6.47. The van der Waals surface area contributed by atoms with E-state index in [1.54, 1.807) is 0 Å². The zero-order valence-corrected chi connectivity index (χ0v) is 24.0. The molecule has 0 fully saturated rings. The van der Waals surface area contributed by atoms with Gasteiger partial charge in [0.15, 0.2) is 5.78 Å². The Balaban J connectivity index is 1.64. The number of hydrogen-bond acceptors (Lipinski definition) is 3. The fraction of sp³-hybridized carbons (Fsp3) is 0.382. The Morgan fingerprint density at radius 3 is 2.18 bits per heavy atom. The minimum Gasteiger partial charge on any atom is -0.481 e. The third-order valence-electron chi connectivity index (χ3n) is 7.51. The van der Waals surface area contributed by atoms with Crippen molar-refractivity contribution in [3.05, 3.63) is 89.1 Å². The van der Waals surface area contributed by atoms with Crippen LogP contribution < -0.4 is 0 Å². The summed E-state index contributed by atoms with van der Waals surface area (Å²) in [5, 5.41) is 14.9. The highest BCUT2D eigenvalue weighted by molar-refractivity contribution is 5.96. The van der Waals surface area contributed by atoms with E-state index in [0.29, 0.717) is 17.9 Å². The van der Waals surface area contributed by atoms with E-state index in [-0.39, 0.29) is 30.1 Å². The maximum absolute atomic E-state index is 12.5. The topological polar surface area (TPSA) is 72.2 Å². The van der Waals surface area contributed by atoms with Crippen LogP contribution in [-0.2, 0) is 10.2 Å². The summed E-state index contributed by atoms with van der Waals surface area (Å²) in [7, 11) is 0. The summed E-state index contributed by atoms with van der Waals surface area (Å²) in [4.78, 5) is 23.3. The third-order valence-corrected chi connectivity index (χ3v) is 7.51. The van der Waals surface area contributed by atoms with Crippen molar-refractivity contribution in [1.82, 2.24) is 9.78 Å². The number of nitrogens with zero attached hydrogens (tertiary/aromatic N) is 2. The van der Waals surface area contributed by atoms with Gasteiger partial charge in [0.05, 0.1) is 17.8 Å². The number of benzene rings is 3. The SMILES string of the molecule is Cc1c(-c2ccc(C(C)(C)C)cc2)ccc2c1cnn2C(CC(C)C)c1ccc(C(=O)CCCC(=O)O)cc1. The van der Waals surface area contributed by atoms with Crippen LogP contribution in [0.4, 0.5) is 0 Å². The number of carboxylic acid groups (broad SMARTS) is 1. The standard InChI is InChI=1S/C34H40N2O3/c1-22(2)20-31(25-10-12-26(13-11-25)32(37)8-7-9-33(38)39)36-30-19-18-28(23(3)29(30)21-35-36)24-14-16-27(17-15-24)34(4,5)6/h10-19,21-22,31H,7-9,20H2,1-6H3,(H,38,39). The number of fused-ring (bicyclic) bond motifs is 1. The normalized spacial score (nSPS) is 12.7. The molecule has 0 amide bonds. The molecular weight excluding hydrogens is 484 g/mol. The Hall–Kier alpha value is -3.73. The molecule has 0 aliphatic heterocycles. The Kier molecular flexibility index (Phi) is 8.39. The molecule has 1 heterocycles. The predicted octanol–water partition coefficient (Wildman–Crippen LogP) is 8.38. The number of carboxylic acids is 1. The molecule has 3 aromatic carbocycles. The van der Waals surface area contributed by atoms with E-state index in [4.69, 9.17) is 10.2 Å². The summed E-state index contributed by atoms with van der Waals surface area (Å²) in [6, 6.07) is 21.1. The highest BCUT2D eigenvalue weighted by Gasteiger charge is 2.21. The first-order valence-electron chi connectivity index (χ1n) is 13.9. The maximum atomic E-state index is 12.5. The molecule has 5 nitrogen and oxygen atoms in total. The van der Waals surface area contributed by atoms with Gasteiger partial charge in [-0.1, -0.05) is 89.2 Å². The first-order valence-corrected chi connectivity index (χ1v) is 13.9. The van der Waals surface area contributed by atoms with E-state index in [9.17, 15) is 9.59 Å². The van der Waals surface area contributed by atoms with E-state index in [1.165, 1.54) is 22.3 Å². The van der Waals surface area contributed by atoms with Crippen molar-refractivity contribution in [3.8, 4) is 11.1 Å². The molecule has 0 saturated carbocycles. The molecule has 4 aromatic rings. The number of aliphatic carboxylic acids is 1. The molecule has 1 unspecified atom stereocenters. The second-order valence-electron chi connectivity index (χ2n) is 12.0. The lowest BCUT2D eigenvalue weighted by atomic mass is 9.86. The van der Waals surface area contributed by atoms with Gasteiger partial charge in [0.2, 0.25) is 0 Å². The Morgan fingerprint density at radius 1 is 0.923 bits per heavy atom. The minimum atomic E-state index is -0.873. The van der Waals surface area contributed by atoms with E-state index < -0.39 is 5.97 Å². The van der Waals surface area contributed by atoms with Gasteiger partial charge in [0.1, 0.15) is 0 Å². The number of carbonyl (C=O) groups is 2. The molecule has 0 aliphatic rings. The fourth-order valence-electron chi connectivity index (χ4n) is 5.23. The van der Waals surface area contributed by atoms with Crippen molar-refractivity contribution in [3.63, 3.8) is 0 Å². The molecule has 4 rings (SSSR count). The van der Waals surface area contributed by atoms with Gasteiger partial charge in [0, 0.05) is 23.8 Å². The number of aromatic nitrogens is 2. The average Bonchev–Trinajstić information content (AvgIpc) is 3.31. The van der Waals surface area contributed by atoms with Crippen LogP contribution in [0.2, 0.25) is 0 Å². The molecule has 0 aliphatic carbocycles. The van der Waals surface area contributed by atoms with Gasteiger partial charge in [-0.05, 0) is 65.0 Å². The van der Waals surface area contributed by atoms with Crippen molar-refractivity contribution in [2.75, 3.05) is 0 Å². The van der Waals surface area contributed by atoms with Gasteiger partial charge in [-0.2, -0.15) is 5.10 Å². The largest absolute Gasteiger partial charge is 0.481 e. The molecule has 1 aromatic heterocycles. The summed E-state index contributed by atoms with van der Waals surface area (Å²) in [5.41, 5.74) is 7.91. The van der Waals surface area contributed by atoms with Crippen LogP contribution in [0.3, 0.4) is 0 Å². The number of rotatable bonds is 10. The Labute approximate surface area is 231 Å². The van der Waals surface area contributed by atoms with Gasteiger partial charge < -0.3 is 5.11 Å². The summed E-state index contributed by atoms with van der Waals surface area (Å²) >= 11 is 0. The Morgan fingerprint density at radius 2 is 1.59 bits per heavy atom. The van der Waals surface area contributed by atoms with E-state index in [0.717, 1.165) is 22.9 Å². The first-order chi connectivity index (χ1) is 18.5. The molecule has 0 saturated heterocycles. The van der Waals surface area contributed by atoms with Crippen LogP contribution in [0, 0.1) is 12.8 Å². The number of aryl methyl sites for hydroxylation is 1. The summed E-state index contributed by atoms with van der Waals surface area (Å²) in [5.74, 6) is -0.443. The van der Waals surface area contributed by atoms with Crippen molar-refractivity contribution >= 4 is 22.7 Å². The molecule has 0 bridgehead atoms. The van der Waals surface area contributed by atoms with Crippen molar-refractivity contribution < 1.29 is 14.7 Å². The van der Waals surface area contributed by atoms with Crippen molar-refractivity contribution in [1.29, 1.82) is 0 Å². The maximum Gasteiger partial charge on any atom is 0.303 e. The van der Waals surface area contributed by atoms with Gasteiger partial charge in [-0.15, -0.1) is 0 Å². The van der Waals surface area contributed by atoms with E-state index in [2.05, 4.69) is 82.6 Å². The molecule has 0 radical (unpaired) electrons. The summed E-state index contributed by atoms with van der Waals surface area (Å²) < 4.78 is 2.12. The zero-order chi connectivity index (χ0) is 28.3. The lowest BCUT2D eigenvalue weighted by molar-refractivity contribution is -0.137. The van der Waals surface area contributed by atoms with Crippen LogP contribution >= 0.6 is 0 Å². The summed E-state index contributed by atoms with van der Waals surface area (Å²) in [6.45, 7) is 13.3. The van der Waals surface area contributed by atoms with E-state index in [1.807, 2.05) is 30.5 Å². The highest BCUT2D eigenvalue weighted by atomic mass is 16.4. The van der Waals surface area contributed by atoms with Crippen LogP contribution in [-0.4, -0.2) is 26.6 Å². The second-order valence-corrected chi connectivity index (χ2v) is 12.0. The van der Waals surface area contributed by atoms with Crippen LogP contribution in [0.15, 0.2) is 66.9 Å². The van der Waals surface area contributed by atoms with Gasteiger partial charge in [-0.3, -0.25) is 14.3 Å². The fourth-order valence-corrected chi connectivity index (χ4v) is 5.23. The number of carbonyl (C=O) groups excluding carboxylic acids is 1. The van der Waals surface area contributed by atoms with Gasteiger partial charge in [-0.25, -0.2) is 0 Å². The van der Waals surface area contributed by atoms with Crippen LogP contribution in [0.5, 0.6) is 0 Å². The predicted molar refractivity (Wildman–Crippen MR) is 158 cm³/mol. The van der Waals surface area contributed by atoms with Crippen LogP contribution in [0.25, 0.3) is 22.0 Å². The molecule has 39 heavy (non-hydrogen) atoms. The first kappa shape index (κ1) is 28.3. The number of ketones is 1. The minimum absolute atomic E-state index is 0.00994. The van der Waals surface area contributed by atoms with Crippen LogP contribution in [0.1, 0.15) is 93.4 Å². The molecular formula is C34H40N2O3. The lowest BCUT2D eigenvalue weighted by Crippen LogP contribution is -2.15. The van der Waals surface area contributed by atoms with Crippen molar-refractivity contribution in [2.24, 2.45) is 5.92 Å².